The fraction of sp³-hybridized carbons (Fsp3) is 0.406. The zero-order valence-electron chi connectivity index (χ0n) is 25.0. The maximum Gasteiger partial charge on any atom is 0.329 e. The predicted octanol–water partition coefficient (Wildman–Crippen LogP) is 4.88. The van der Waals surface area contributed by atoms with Crippen molar-refractivity contribution in [2.75, 3.05) is 11.9 Å². The van der Waals surface area contributed by atoms with Crippen molar-refractivity contribution in [1.82, 2.24) is 9.62 Å². The Morgan fingerprint density at radius 2 is 1.65 bits per heavy atom. The molecule has 0 radical (unpaired) electrons. The van der Waals surface area contributed by atoms with Gasteiger partial charge in [0.2, 0.25) is 21.8 Å². The standard InChI is InChI=1S/C32H39N3O6S2/c1-20(2)21-10-13-24(14-11-21)33-29(36)18-27(31(38)41-32(3,4)5)34-30(37)28-17-25(42)19-35(28)43(39,40)26-15-12-22-8-6-7-9-23(22)16-26/h6-16,20,25,27-28,42H,17-19H2,1-5H3,(H,33,36)(H,34,37)/t25-,27+,28+/m1/s1. The second kappa shape index (κ2) is 13.1. The molecule has 4 rings (SSSR count). The topological polar surface area (TPSA) is 122 Å². The van der Waals surface area contributed by atoms with Crippen molar-refractivity contribution in [3.05, 3.63) is 72.3 Å². The van der Waals surface area contributed by atoms with Gasteiger partial charge in [-0.2, -0.15) is 16.9 Å². The largest absolute Gasteiger partial charge is 0.458 e. The van der Waals surface area contributed by atoms with Gasteiger partial charge in [0.05, 0.1) is 11.3 Å². The van der Waals surface area contributed by atoms with E-state index in [0.29, 0.717) is 11.6 Å². The summed E-state index contributed by atoms with van der Waals surface area (Å²) in [6, 6.07) is 17.1. The molecule has 0 bridgehead atoms. The fourth-order valence-electron chi connectivity index (χ4n) is 4.93. The minimum absolute atomic E-state index is 0.0142. The predicted molar refractivity (Wildman–Crippen MR) is 171 cm³/mol. The highest BCUT2D eigenvalue weighted by Crippen LogP contribution is 2.30. The molecular weight excluding hydrogens is 587 g/mol. The van der Waals surface area contributed by atoms with Crippen molar-refractivity contribution in [2.45, 2.75) is 81.2 Å². The van der Waals surface area contributed by atoms with Crippen molar-refractivity contribution in [1.29, 1.82) is 0 Å². The number of fused-ring (bicyclic) bond motifs is 1. The number of nitrogens with zero attached hydrogens (tertiary/aromatic N) is 1. The van der Waals surface area contributed by atoms with E-state index in [1.807, 2.05) is 36.4 Å². The SMILES string of the molecule is CC(C)c1ccc(NC(=O)C[C@H](NC(=O)[C@@H]2C[C@@H](S)CN2S(=O)(=O)c2ccc3ccccc3c2)C(=O)OC(C)(C)C)cc1. The van der Waals surface area contributed by atoms with E-state index in [9.17, 15) is 22.8 Å². The van der Waals surface area contributed by atoms with E-state index in [1.165, 1.54) is 6.07 Å². The number of esters is 1. The van der Waals surface area contributed by atoms with Crippen LogP contribution in [0, 0.1) is 0 Å². The number of thiol groups is 1. The van der Waals surface area contributed by atoms with Crippen LogP contribution in [0.25, 0.3) is 10.8 Å². The molecule has 3 aromatic carbocycles. The van der Waals surface area contributed by atoms with E-state index in [1.54, 1.807) is 45.0 Å². The normalized spacial score (nSPS) is 18.4. The van der Waals surface area contributed by atoms with Gasteiger partial charge in [0, 0.05) is 17.5 Å². The Hall–Kier alpha value is -3.41. The summed E-state index contributed by atoms with van der Waals surface area (Å²) in [7, 11) is -4.09. The van der Waals surface area contributed by atoms with Gasteiger partial charge in [0.1, 0.15) is 17.7 Å². The van der Waals surface area contributed by atoms with E-state index >= 15 is 0 Å². The van der Waals surface area contributed by atoms with Crippen LogP contribution in [0.4, 0.5) is 5.69 Å². The molecule has 1 aliphatic rings. The Kier molecular flexibility index (Phi) is 9.88. The van der Waals surface area contributed by atoms with Gasteiger partial charge >= 0.3 is 5.97 Å². The first-order valence-corrected chi connectivity index (χ1v) is 16.2. The van der Waals surface area contributed by atoms with E-state index < -0.39 is 57.2 Å². The van der Waals surface area contributed by atoms with Crippen molar-refractivity contribution >= 4 is 56.9 Å². The summed E-state index contributed by atoms with van der Waals surface area (Å²) >= 11 is 4.49. The third-order valence-corrected chi connectivity index (χ3v) is 9.37. The number of rotatable bonds is 9. The Morgan fingerprint density at radius 1 is 1.00 bits per heavy atom. The van der Waals surface area contributed by atoms with Crippen LogP contribution in [0.2, 0.25) is 0 Å². The highest BCUT2D eigenvalue weighted by atomic mass is 32.2. The van der Waals surface area contributed by atoms with Crippen molar-refractivity contribution in [2.24, 2.45) is 0 Å². The first-order valence-electron chi connectivity index (χ1n) is 14.3. The second-order valence-electron chi connectivity index (χ2n) is 12.1. The number of anilines is 1. The zero-order valence-corrected chi connectivity index (χ0v) is 26.7. The summed E-state index contributed by atoms with van der Waals surface area (Å²) in [5.41, 5.74) is 0.780. The number of hydrogen-bond acceptors (Lipinski definition) is 7. The number of sulfonamides is 1. The number of carbonyl (C=O) groups is 3. The molecule has 1 aliphatic heterocycles. The van der Waals surface area contributed by atoms with Gasteiger partial charge in [0.15, 0.2) is 0 Å². The molecule has 1 heterocycles. The minimum Gasteiger partial charge on any atom is -0.458 e. The van der Waals surface area contributed by atoms with Crippen molar-refractivity contribution < 1.29 is 27.5 Å². The molecule has 9 nitrogen and oxygen atoms in total. The van der Waals surface area contributed by atoms with Gasteiger partial charge in [-0.15, -0.1) is 0 Å². The molecule has 1 fully saturated rings. The van der Waals surface area contributed by atoms with Gasteiger partial charge in [-0.25, -0.2) is 13.2 Å². The van der Waals surface area contributed by atoms with Crippen LogP contribution in [0.3, 0.4) is 0 Å². The monoisotopic (exact) mass is 625 g/mol. The number of carbonyl (C=O) groups excluding carboxylic acids is 3. The van der Waals surface area contributed by atoms with Crippen LogP contribution < -0.4 is 10.6 Å². The Balaban J connectivity index is 1.54. The van der Waals surface area contributed by atoms with Gasteiger partial charge in [0.25, 0.3) is 0 Å². The van der Waals surface area contributed by atoms with E-state index in [0.717, 1.165) is 20.6 Å². The highest BCUT2D eigenvalue weighted by molar-refractivity contribution is 7.89. The Morgan fingerprint density at radius 3 is 2.28 bits per heavy atom. The number of benzene rings is 3. The molecule has 2 amide bonds. The van der Waals surface area contributed by atoms with Crippen LogP contribution in [0.15, 0.2) is 71.6 Å². The van der Waals surface area contributed by atoms with Gasteiger partial charge in [-0.1, -0.05) is 56.3 Å². The molecular formula is C32H39N3O6S2. The van der Waals surface area contributed by atoms with Gasteiger partial charge in [-0.05, 0) is 73.7 Å². The number of amides is 2. The van der Waals surface area contributed by atoms with E-state index in [-0.39, 0.29) is 17.9 Å². The number of nitrogens with one attached hydrogen (secondary N) is 2. The van der Waals surface area contributed by atoms with Crippen LogP contribution >= 0.6 is 12.6 Å². The van der Waals surface area contributed by atoms with Crippen LogP contribution in [0.5, 0.6) is 0 Å². The highest BCUT2D eigenvalue weighted by Gasteiger charge is 2.44. The summed E-state index contributed by atoms with van der Waals surface area (Å²) < 4.78 is 34.1. The molecule has 0 saturated carbocycles. The fourth-order valence-corrected chi connectivity index (χ4v) is 7.10. The lowest BCUT2D eigenvalue weighted by molar-refractivity contribution is -0.159. The first kappa shape index (κ1) is 32.5. The quantitative estimate of drug-likeness (QED) is 0.230. The first-order chi connectivity index (χ1) is 20.1. The zero-order chi connectivity index (χ0) is 31.5. The summed E-state index contributed by atoms with van der Waals surface area (Å²) in [6.45, 7) is 9.19. The molecule has 3 aromatic rings. The van der Waals surface area contributed by atoms with E-state index in [2.05, 4.69) is 37.1 Å². The maximum absolute atomic E-state index is 13.7. The Labute approximate surface area is 258 Å². The average molecular weight is 626 g/mol. The molecule has 230 valence electrons. The summed E-state index contributed by atoms with van der Waals surface area (Å²) in [5, 5.41) is 6.61. The molecule has 0 aliphatic carbocycles. The lowest BCUT2D eigenvalue weighted by Gasteiger charge is -2.27. The van der Waals surface area contributed by atoms with E-state index in [4.69, 9.17) is 4.74 Å². The molecule has 3 atom stereocenters. The second-order valence-corrected chi connectivity index (χ2v) is 14.7. The average Bonchev–Trinajstić information content (AvgIpc) is 3.34. The van der Waals surface area contributed by atoms with Gasteiger partial charge < -0.3 is 15.4 Å². The molecule has 2 N–H and O–H groups in total. The molecule has 11 heteroatoms. The van der Waals surface area contributed by atoms with Gasteiger partial charge in [-0.3, -0.25) is 9.59 Å². The molecule has 0 aromatic heterocycles. The third kappa shape index (κ3) is 8.16. The van der Waals surface area contributed by atoms with Crippen LogP contribution in [-0.4, -0.2) is 60.0 Å². The minimum atomic E-state index is -4.09. The molecule has 43 heavy (non-hydrogen) atoms. The van der Waals surface area contributed by atoms with Crippen molar-refractivity contribution in [3.8, 4) is 0 Å². The smallest absolute Gasteiger partial charge is 0.329 e. The summed E-state index contributed by atoms with van der Waals surface area (Å²) in [4.78, 5) is 39.8. The summed E-state index contributed by atoms with van der Waals surface area (Å²) in [5.74, 6) is -1.68. The molecule has 0 unspecified atom stereocenters. The third-order valence-electron chi connectivity index (χ3n) is 7.12. The lowest BCUT2D eigenvalue weighted by Crippen LogP contribution is -2.52. The maximum atomic E-state index is 13.7. The summed E-state index contributed by atoms with van der Waals surface area (Å²) in [6.07, 6.45) is -0.266. The lowest BCUT2D eigenvalue weighted by atomic mass is 10.0. The van der Waals surface area contributed by atoms with Crippen LogP contribution in [0.1, 0.15) is 58.9 Å². The number of hydrogen-bond donors (Lipinski definition) is 3. The molecule has 1 saturated heterocycles. The molecule has 0 spiro atoms. The van der Waals surface area contributed by atoms with Crippen molar-refractivity contribution in [3.63, 3.8) is 0 Å². The Bertz CT molecular complexity index is 1600. The number of ether oxygens (including phenoxy) is 1. The van der Waals surface area contributed by atoms with Crippen LogP contribution in [-0.2, 0) is 29.1 Å².